The minimum absolute atomic E-state index is 0.0739. The number of carbonyl (C=O) groups is 1. The number of piperazine rings is 1. The van der Waals surface area contributed by atoms with E-state index in [1.807, 2.05) is 4.90 Å². The Morgan fingerprint density at radius 2 is 2.00 bits per heavy atom. The molecule has 2 aliphatic heterocycles. The van der Waals surface area contributed by atoms with Crippen molar-refractivity contribution in [1.29, 1.82) is 5.26 Å². The van der Waals surface area contributed by atoms with Crippen LogP contribution in [0.5, 0.6) is 0 Å². The number of anilines is 1. The molecule has 27 heavy (non-hydrogen) atoms. The lowest BCUT2D eigenvalue weighted by Gasteiger charge is -2.38. The Kier molecular flexibility index (Phi) is 5.91. The van der Waals surface area contributed by atoms with E-state index in [4.69, 9.17) is 0 Å². The highest BCUT2D eigenvalue weighted by Crippen LogP contribution is 2.26. The number of non-ortho nitro benzene ring substituents is 1. The van der Waals surface area contributed by atoms with Crippen molar-refractivity contribution in [1.82, 2.24) is 9.80 Å². The van der Waals surface area contributed by atoms with Crippen LogP contribution in [0.2, 0.25) is 0 Å². The molecule has 1 aromatic carbocycles. The zero-order chi connectivity index (χ0) is 19.4. The average Bonchev–Trinajstić information content (AvgIpc) is 2.68. The van der Waals surface area contributed by atoms with E-state index in [2.05, 4.69) is 22.8 Å². The third-order valence-corrected chi connectivity index (χ3v) is 5.51. The molecular weight excluding hydrogens is 346 g/mol. The normalized spacial score (nSPS) is 21.0. The molecule has 0 saturated carbocycles. The monoisotopic (exact) mass is 371 g/mol. The van der Waals surface area contributed by atoms with E-state index in [-0.39, 0.29) is 11.6 Å². The molecule has 2 fully saturated rings. The van der Waals surface area contributed by atoms with Gasteiger partial charge in [-0.2, -0.15) is 5.26 Å². The summed E-state index contributed by atoms with van der Waals surface area (Å²) in [6.07, 6.45) is 3.36. The van der Waals surface area contributed by atoms with Crippen LogP contribution in [-0.2, 0) is 4.79 Å². The van der Waals surface area contributed by atoms with Crippen LogP contribution in [0.1, 0.15) is 31.7 Å². The van der Waals surface area contributed by atoms with Gasteiger partial charge in [0.05, 0.1) is 22.7 Å². The molecule has 1 aromatic rings. The maximum Gasteiger partial charge on any atom is 0.270 e. The predicted molar refractivity (Wildman–Crippen MR) is 101 cm³/mol. The number of piperidine rings is 1. The van der Waals surface area contributed by atoms with Gasteiger partial charge in [0.1, 0.15) is 6.07 Å². The highest BCUT2D eigenvalue weighted by atomic mass is 16.6. The summed E-state index contributed by atoms with van der Waals surface area (Å²) in [5, 5.41) is 20.2. The Labute approximate surface area is 159 Å². The number of rotatable bonds is 4. The lowest BCUT2D eigenvalue weighted by molar-refractivity contribution is -0.384. The molecule has 1 amide bonds. The highest BCUT2D eigenvalue weighted by molar-refractivity contribution is 5.78. The van der Waals surface area contributed by atoms with Gasteiger partial charge in [-0.25, -0.2) is 0 Å². The molecule has 2 heterocycles. The fraction of sp³-hybridized carbons (Fsp3) is 0.579. The van der Waals surface area contributed by atoms with Crippen LogP contribution in [0.4, 0.5) is 11.4 Å². The Bertz CT molecular complexity index is 752. The molecule has 0 aliphatic carbocycles. The molecule has 8 nitrogen and oxygen atoms in total. The molecule has 1 atom stereocenters. The van der Waals surface area contributed by atoms with E-state index in [0.717, 1.165) is 38.2 Å². The molecule has 2 aliphatic rings. The number of nitro benzene ring substituents is 1. The molecule has 0 bridgehead atoms. The Hall–Kier alpha value is -2.66. The highest BCUT2D eigenvalue weighted by Gasteiger charge is 2.27. The van der Waals surface area contributed by atoms with E-state index in [1.54, 1.807) is 6.07 Å². The van der Waals surface area contributed by atoms with E-state index >= 15 is 0 Å². The number of carbonyl (C=O) groups excluding carboxylic acids is 1. The SMILES string of the molecule is CC1CCCCN1C(=O)CN1CCN(c2ccc([N+](=O)[O-])cc2C#N)CC1. The van der Waals surface area contributed by atoms with Gasteiger partial charge in [-0.05, 0) is 32.3 Å². The average molecular weight is 371 g/mol. The van der Waals surface area contributed by atoms with Crippen LogP contribution >= 0.6 is 0 Å². The van der Waals surface area contributed by atoms with Crippen molar-refractivity contribution in [2.75, 3.05) is 44.2 Å². The molecule has 1 unspecified atom stereocenters. The quantitative estimate of drug-likeness (QED) is 0.593. The van der Waals surface area contributed by atoms with Crippen LogP contribution in [-0.4, -0.2) is 65.9 Å². The second-order valence-corrected chi connectivity index (χ2v) is 7.27. The van der Waals surface area contributed by atoms with Gasteiger partial charge in [-0.1, -0.05) is 0 Å². The molecular formula is C19H25N5O3. The van der Waals surface area contributed by atoms with Gasteiger partial charge in [0.15, 0.2) is 0 Å². The van der Waals surface area contributed by atoms with Crippen molar-refractivity contribution in [2.24, 2.45) is 0 Å². The van der Waals surface area contributed by atoms with Gasteiger partial charge in [0, 0.05) is 50.9 Å². The lowest BCUT2D eigenvalue weighted by atomic mass is 10.0. The molecule has 0 radical (unpaired) electrons. The smallest absolute Gasteiger partial charge is 0.270 e. The Balaban J connectivity index is 1.58. The number of hydrogen-bond acceptors (Lipinski definition) is 6. The van der Waals surface area contributed by atoms with Crippen LogP contribution in [0, 0.1) is 21.4 Å². The molecule has 0 N–H and O–H groups in total. The largest absolute Gasteiger partial charge is 0.368 e. The van der Waals surface area contributed by atoms with Gasteiger partial charge in [0.2, 0.25) is 5.91 Å². The zero-order valence-electron chi connectivity index (χ0n) is 15.6. The van der Waals surface area contributed by atoms with E-state index < -0.39 is 4.92 Å². The fourth-order valence-electron chi connectivity index (χ4n) is 3.90. The number of hydrogen-bond donors (Lipinski definition) is 0. The third kappa shape index (κ3) is 4.37. The first-order valence-electron chi connectivity index (χ1n) is 9.45. The molecule has 2 saturated heterocycles. The summed E-state index contributed by atoms with van der Waals surface area (Å²) >= 11 is 0. The maximum atomic E-state index is 12.6. The van der Waals surface area contributed by atoms with Crippen molar-refractivity contribution < 1.29 is 9.72 Å². The zero-order valence-corrected chi connectivity index (χ0v) is 15.6. The topological polar surface area (TPSA) is 93.7 Å². The molecule has 0 aromatic heterocycles. The summed E-state index contributed by atoms with van der Waals surface area (Å²) in [6.45, 7) is 6.25. The van der Waals surface area contributed by atoms with Gasteiger partial charge in [-0.15, -0.1) is 0 Å². The number of benzene rings is 1. The molecule has 3 rings (SSSR count). The molecule has 8 heteroatoms. The van der Waals surface area contributed by atoms with Crippen LogP contribution in [0.25, 0.3) is 0 Å². The van der Waals surface area contributed by atoms with Gasteiger partial charge < -0.3 is 9.80 Å². The van der Waals surface area contributed by atoms with Crippen LogP contribution in [0.3, 0.4) is 0 Å². The van der Waals surface area contributed by atoms with Crippen molar-refractivity contribution in [3.05, 3.63) is 33.9 Å². The standard InChI is InChI=1S/C19H25N5O3/c1-15-4-2-3-7-23(15)19(25)14-21-8-10-22(11-9-21)18-6-5-17(24(26)27)12-16(18)13-20/h5-6,12,15H,2-4,7-11,14H2,1H3. The summed E-state index contributed by atoms with van der Waals surface area (Å²) < 4.78 is 0. The first-order valence-corrected chi connectivity index (χ1v) is 9.45. The lowest BCUT2D eigenvalue weighted by Crippen LogP contribution is -2.52. The minimum atomic E-state index is -0.490. The summed E-state index contributed by atoms with van der Waals surface area (Å²) in [5.74, 6) is 0.198. The van der Waals surface area contributed by atoms with Gasteiger partial charge in [-0.3, -0.25) is 19.8 Å². The van der Waals surface area contributed by atoms with Gasteiger partial charge in [0.25, 0.3) is 5.69 Å². The van der Waals surface area contributed by atoms with Crippen molar-refractivity contribution in [2.45, 2.75) is 32.2 Å². The summed E-state index contributed by atoms with van der Waals surface area (Å²) in [7, 11) is 0. The van der Waals surface area contributed by atoms with E-state index in [9.17, 15) is 20.2 Å². The molecule has 0 spiro atoms. The number of nitrogens with zero attached hydrogens (tertiary/aromatic N) is 5. The van der Waals surface area contributed by atoms with Crippen molar-refractivity contribution in [3.8, 4) is 6.07 Å². The number of amides is 1. The Morgan fingerprint density at radius 1 is 1.26 bits per heavy atom. The van der Waals surface area contributed by atoms with E-state index in [0.29, 0.717) is 31.2 Å². The number of nitro groups is 1. The van der Waals surface area contributed by atoms with Crippen LogP contribution in [0.15, 0.2) is 18.2 Å². The first-order chi connectivity index (χ1) is 13.0. The first kappa shape index (κ1) is 19.1. The molecule has 144 valence electrons. The van der Waals surface area contributed by atoms with Crippen LogP contribution < -0.4 is 4.90 Å². The number of likely N-dealkylation sites (tertiary alicyclic amines) is 1. The fourth-order valence-corrected chi connectivity index (χ4v) is 3.90. The van der Waals surface area contributed by atoms with Crippen molar-refractivity contribution in [3.63, 3.8) is 0 Å². The Morgan fingerprint density at radius 3 is 2.63 bits per heavy atom. The minimum Gasteiger partial charge on any atom is -0.368 e. The maximum absolute atomic E-state index is 12.6. The predicted octanol–water partition coefficient (Wildman–Crippen LogP) is 1.99. The number of nitriles is 1. The van der Waals surface area contributed by atoms with Crippen molar-refractivity contribution >= 4 is 17.3 Å². The van der Waals surface area contributed by atoms with Gasteiger partial charge >= 0.3 is 0 Å². The second kappa shape index (κ2) is 8.35. The second-order valence-electron chi connectivity index (χ2n) is 7.27. The van der Waals surface area contributed by atoms with E-state index in [1.165, 1.54) is 18.6 Å². The summed E-state index contributed by atoms with van der Waals surface area (Å²) in [5.41, 5.74) is 0.963. The third-order valence-electron chi connectivity index (χ3n) is 5.51. The summed E-state index contributed by atoms with van der Waals surface area (Å²) in [6, 6.07) is 6.79. The summed E-state index contributed by atoms with van der Waals surface area (Å²) in [4.78, 5) is 29.2.